The minimum Gasteiger partial charge on any atom is -0.462 e. The maximum atomic E-state index is 11.2. The van der Waals surface area contributed by atoms with E-state index < -0.39 is 16.2 Å². The van der Waals surface area contributed by atoms with Gasteiger partial charge in [0.2, 0.25) is 0 Å². The van der Waals surface area contributed by atoms with Gasteiger partial charge in [0, 0.05) is 13.6 Å². The van der Waals surface area contributed by atoms with Gasteiger partial charge >= 0.3 is 6.01 Å². The summed E-state index contributed by atoms with van der Waals surface area (Å²) in [6, 6.07) is 5.03. The van der Waals surface area contributed by atoms with Crippen molar-refractivity contribution in [2.75, 3.05) is 13.2 Å². The molecule has 0 saturated carbocycles. The largest absolute Gasteiger partial charge is 0.462 e. The van der Waals surface area contributed by atoms with Crippen molar-refractivity contribution in [1.82, 2.24) is 19.7 Å². The van der Waals surface area contributed by atoms with Gasteiger partial charge in [0.1, 0.15) is 6.61 Å². The van der Waals surface area contributed by atoms with E-state index >= 15 is 0 Å². The van der Waals surface area contributed by atoms with Crippen LogP contribution in [-0.4, -0.2) is 45.9 Å². The molecule has 3 rings (SSSR count). The Morgan fingerprint density at radius 2 is 1.96 bits per heavy atom. The molecule has 1 aromatic carbocycles. The second kappa shape index (κ2) is 6.96. The number of fused-ring (bicyclic) bond motifs is 1. The number of rotatable bonds is 6. The van der Waals surface area contributed by atoms with Gasteiger partial charge in [-0.2, -0.15) is 23.5 Å². The Balaban J connectivity index is 2.05. The van der Waals surface area contributed by atoms with Crippen LogP contribution in [-0.2, 0) is 17.2 Å². The van der Waals surface area contributed by atoms with Crippen LogP contribution < -0.4 is 16.2 Å². The summed E-state index contributed by atoms with van der Waals surface area (Å²) in [7, 11) is -2.54. The lowest BCUT2D eigenvalue weighted by molar-refractivity contribution is 0.301. The van der Waals surface area contributed by atoms with Crippen LogP contribution in [0.5, 0.6) is 6.01 Å². The van der Waals surface area contributed by atoms with E-state index in [1.807, 2.05) is 0 Å². The monoisotopic (exact) mass is 378 g/mol. The van der Waals surface area contributed by atoms with Gasteiger partial charge in [-0.05, 0) is 17.7 Å². The summed E-state index contributed by atoms with van der Waals surface area (Å²) < 4.78 is 38.4. The van der Waals surface area contributed by atoms with Gasteiger partial charge in [0.15, 0.2) is 5.65 Å². The minimum absolute atomic E-state index is 0.131. The average molecular weight is 378 g/mol. The minimum atomic E-state index is -4.27. The number of aromatic nitrogens is 4. The molecule has 2 heterocycles. The predicted molar refractivity (Wildman–Crippen MR) is 93.1 cm³/mol. The van der Waals surface area contributed by atoms with E-state index in [2.05, 4.69) is 15.1 Å². The van der Waals surface area contributed by atoms with Crippen LogP contribution >= 0.6 is 0 Å². The van der Waals surface area contributed by atoms with Crippen LogP contribution in [0.2, 0.25) is 0 Å². The SMILES string of the molecule is Cn1ncc2c(C(N)c3ccc(S(=O)(=O)O)cc3)nc(OCCN)nc21. The first-order chi connectivity index (χ1) is 12.3. The fourth-order valence-electron chi connectivity index (χ4n) is 2.48. The molecule has 10 nitrogen and oxygen atoms in total. The molecule has 5 N–H and O–H groups in total. The zero-order valence-corrected chi connectivity index (χ0v) is 14.7. The molecule has 0 saturated heterocycles. The summed E-state index contributed by atoms with van der Waals surface area (Å²) >= 11 is 0. The summed E-state index contributed by atoms with van der Waals surface area (Å²) in [6.45, 7) is 0.562. The highest BCUT2D eigenvalue weighted by Crippen LogP contribution is 2.27. The maximum absolute atomic E-state index is 11.2. The number of hydrogen-bond acceptors (Lipinski definition) is 8. The molecule has 26 heavy (non-hydrogen) atoms. The Morgan fingerprint density at radius 3 is 2.58 bits per heavy atom. The molecular weight excluding hydrogens is 360 g/mol. The summed E-state index contributed by atoms with van der Waals surface area (Å²) in [6.07, 6.45) is 1.60. The molecule has 11 heteroatoms. The van der Waals surface area contributed by atoms with Crippen LogP contribution in [0.1, 0.15) is 17.3 Å². The fourth-order valence-corrected chi connectivity index (χ4v) is 2.96. The number of nitrogens with zero attached hydrogens (tertiary/aromatic N) is 4. The zero-order chi connectivity index (χ0) is 18.9. The summed E-state index contributed by atoms with van der Waals surface area (Å²) in [4.78, 5) is 8.45. The lowest BCUT2D eigenvalue weighted by Gasteiger charge is -2.14. The highest BCUT2D eigenvalue weighted by Gasteiger charge is 2.20. The lowest BCUT2D eigenvalue weighted by atomic mass is 10.0. The van der Waals surface area contributed by atoms with E-state index in [1.54, 1.807) is 17.9 Å². The first-order valence-electron chi connectivity index (χ1n) is 7.67. The Morgan fingerprint density at radius 1 is 1.27 bits per heavy atom. The molecule has 0 radical (unpaired) electrons. The van der Waals surface area contributed by atoms with Crippen molar-refractivity contribution in [1.29, 1.82) is 0 Å². The van der Waals surface area contributed by atoms with E-state index in [-0.39, 0.29) is 17.5 Å². The van der Waals surface area contributed by atoms with Gasteiger partial charge in [-0.25, -0.2) is 0 Å². The van der Waals surface area contributed by atoms with E-state index in [9.17, 15) is 8.42 Å². The third kappa shape index (κ3) is 3.51. The third-order valence-electron chi connectivity index (χ3n) is 3.78. The highest BCUT2D eigenvalue weighted by atomic mass is 32.2. The van der Waals surface area contributed by atoms with Crippen molar-refractivity contribution >= 4 is 21.2 Å². The van der Waals surface area contributed by atoms with E-state index in [0.717, 1.165) is 0 Å². The number of benzene rings is 1. The molecule has 0 amide bonds. The number of ether oxygens (including phenoxy) is 1. The standard InChI is InChI=1S/C15H18N6O4S/c1-21-14-11(8-18-21)13(19-15(20-14)25-7-6-16)12(17)9-2-4-10(5-3-9)26(22,23)24/h2-5,8,12H,6-7,16-17H2,1H3,(H,22,23,24). The molecule has 0 spiro atoms. The molecule has 1 atom stereocenters. The van der Waals surface area contributed by atoms with Crippen LogP contribution in [0, 0.1) is 0 Å². The quantitative estimate of drug-likeness (QED) is 0.501. The van der Waals surface area contributed by atoms with Gasteiger partial charge in [0.05, 0.1) is 28.2 Å². The molecule has 0 aliphatic heterocycles. The second-order valence-corrected chi connectivity index (χ2v) is 6.98. The molecule has 3 aromatic rings. The molecular formula is C15H18N6O4S. The van der Waals surface area contributed by atoms with Crippen molar-refractivity contribution in [3.63, 3.8) is 0 Å². The molecule has 0 aliphatic rings. The van der Waals surface area contributed by atoms with Crippen LogP contribution in [0.3, 0.4) is 0 Å². The Bertz CT molecular complexity index is 1030. The van der Waals surface area contributed by atoms with Crippen LogP contribution in [0.25, 0.3) is 11.0 Å². The number of hydrogen-bond donors (Lipinski definition) is 3. The lowest BCUT2D eigenvalue weighted by Crippen LogP contribution is -2.17. The van der Waals surface area contributed by atoms with E-state index in [4.69, 9.17) is 20.8 Å². The van der Waals surface area contributed by atoms with Crippen LogP contribution in [0.4, 0.5) is 0 Å². The Hall–Kier alpha value is -2.60. The first-order valence-corrected chi connectivity index (χ1v) is 9.11. The molecule has 1 unspecified atom stereocenters. The van der Waals surface area contributed by atoms with E-state index in [1.165, 1.54) is 24.3 Å². The molecule has 0 aliphatic carbocycles. The van der Waals surface area contributed by atoms with Crippen molar-refractivity contribution in [3.05, 3.63) is 41.7 Å². The Labute approximate surface area is 149 Å². The summed E-state index contributed by atoms with van der Waals surface area (Å²) in [5.74, 6) is 0. The predicted octanol–water partition coefficient (Wildman–Crippen LogP) is -0.00440. The van der Waals surface area contributed by atoms with Gasteiger partial charge in [-0.1, -0.05) is 12.1 Å². The van der Waals surface area contributed by atoms with Crippen molar-refractivity contribution in [2.45, 2.75) is 10.9 Å². The molecule has 0 fully saturated rings. The van der Waals surface area contributed by atoms with Crippen LogP contribution in [0.15, 0.2) is 35.4 Å². The first kappa shape index (κ1) is 18.2. The fraction of sp³-hybridized carbons (Fsp3) is 0.267. The Kier molecular flexibility index (Phi) is 4.87. The third-order valence-corrected chi connectivity index (χ3v) is 4.65. The molecule has 2 aromatic heterocycles. The van der Waals surface area contributed by atoms with Gasteiger partial charge in [-0.15, -0.1) is 0 Å². The second-order valence-electron chi connectivity index (χ2n) is 5.56. The normalized spacial score (nSPS) is 13.1. The summed E-state index contributed by atoms with van der Waals surface area (Å²) in [5.41, 5.74) is 13.4. The number of aryl methyl sites for hydroxylation is 1. The average Bonchev–Trinajstić information content (AvgIpc) is 2.99. The zero-order valence-electron chi connectivity index (χ0n) is 13.9. The van der Waals surface area contributed by atoms with Crippen molar-refractivity contribution < 1.29 is 17.7 Å². The highest BCUT2D eigenvalue weighted by molar-refractivity contribution is 7.85. The van der Waals surface area contributed by atoms with Gasteiger partial charge in [-0.3, -0.25) is 9.23 Å². The van der Waals surface area contributed by atoms with Gasteiger partial charge < -0.3 is 16.2 Å². The smallest absolute Gasteiger partial charge is 0.318 e. The number of nitrogens with two attached hydrogens (primary N) is 2. The van der Waals surface area contributed by atoms with Crippen molar-refractivity contribution in [2.24, 2.45) is 18.5 Å². The maximum Gasteiger partial charge on any atom is 0.318 e. The molecule has 0 bridgehead atoms. The van der Waals surface area contributed by atoms with Crippen molar-refractivity contribution in [3.8, 4) is 6.01 Å². The topological polar surface area (TPSA) is 159 Å². The summed E-state index contributed by atoms with van der Waals surface area (Å²) in [5, 5.41) is 4.82. The molecule has 138 valence electrons. The van der Waals surface area contributed by atoms with E-state index in [0.29, 0.717) is 28.8 Å². The van der Waals surface area contributed by atoms with Gasteiger partial charge in [0.25, 0.3) is 10.1 Å².